The Morgan fingerprint density at radius 2 is 1.05 bits per heavy atom. The number of nitrogen functional groups attached to an aromatic ring is 1. The molecule has 1 aromatic heterocycles. The topological polar surface area (TPSA) is 72.0 Å². The molecule has 0 atom stereocenters. The predicted octanol–water partition coefficient (Wildman–Crippen LogP) is 9.58. The van der Waals surface area contributed by atoms with Crippen molar-refractivity contribution in [1.82, 2.24) is 10.2 Å². The Bertz CT molecular complexity index is 904. The Morgan fingerprint density at radius 1 is 0.595 bits per heavy atom. The smallest absolute Gasteiger partial charge is 0.149 e. The van der Waals surface area contributed by atoms with E-state index in [1.807, 2.05) is 18.2 Å². The molecule has 2 aromatic rings. The number of aromatic nitrogens is 2. The number of benzene rings is 1. The van der Waals surface area contributed by atoms with Crippen LogP contribution in [0, 0.1) is 11.8 Å². The normalized spacial score (nSPS) is 24.3. The van der Waals surface area contributed by atoms with E-state index >= 15 is 0 Å². The lowest BCUT2D eigenvalue weighted by Gasteiger charge is -2.28. The van der Waals surface area contributed by atoms with E-state index in [0.717, 1.165) is 28.7 Å². The zero-order valence-electron chi connectivity index (χ0n) is 23.2. The third kappa shape index (κ3) is 8.72. The number of aromatic hydroxyl groups is 1. The molecule has 4 rings (SSSR count). The van der Waals surface area contributed by atoms with Gasteiger partial charge in [-0.05, 0) is 48.8 Å². The number of phenolic OH excluding ortho intramolecular Hbond substituents is 1. The molecular formula is C33H51N3O. The van der Waals surface area contributed by atoms with Crippen molar-refractivity contribution in [3.63, 3.8) is 0 Å². The van der Waals surface area contributed by atoms with Crippen molar-refractivity contribution in [3.05, 3.63) is 35.9 Å². The molecule has 4 heteroatoms. The summed E-state index contributed by atoms with van der Waals surface area (Å²) in [5.41, 5.74) is 8.95. The van der Waals surface area contributed by atoms with Crippen LogP contribution in [0.2, 0.25) is 0 Å². The van der Waals surface area contributed by atoms with Crippen molar-refractivity contribution in [1.29, 1.82) is 0 Å². The quantitative estimate of drug-likeness (QED) is 0.435. The van der Waals surface area contributed by atoms with Crippen molar-refractivity contribution in [3.8, 4) is 17.0 Å². The third-order valence-electron chi connectivity index (χ3n) is 9.29. The Hall–Kier alpha value is -2.10. The van der Waals surface area contributed by atoms with Gasteiger partial charge in [0.15, 0.2) is 0 Å². The first-order chi connectivity index (χ1) is 18.2. The summed E-state index contributed by atoms with van der Waals surface area (Å²) in [7, 11) is 0. The SMILES string of the molecule is Nc1nnc(-c2ccccc2O)cc1C1CCCCCC(C2CCCCCCCCCC2)CCCCC1. The first-order valence-corrected chi connectivity index (χ1v) is 15.6. The van der Waals surface area contributed by atoms with Crippen LogP contribution < -0.4 is 5.73 Å². The highest BCUT2D eigenvalue weighted by Gasteiger charge is 2.23. The summed E-state index contributed by atoms with van der Waals surface area (Å²) < 4.78 is 0. The van der Waals surface area contributed by atoms with Crippen LogP contribution in [0.15, 0.2) is 30.3 Å². The fourth-order valence-electron chi connectivity index (χ4n) is 7.07. The standard InChI is InChI=1S/C33H51N3O/c34-33-30(25-31(35-36-33)29-23-15-16-24-32(29)37)28-21-13-7-11-19-27(20-12-8-14-22-28)26-17-9-5-3-1-2-4-6-10-18-26/h15-16,23-28,37H,1-14,17-22H2,(H2,34,36). The molecule has 4 nitrogen and oxygen atoms in total. The van der Waals surface area contributed by atoms with Gasteiger partial charge in [-0.25, -0.2) is 0 Å². The third-order valence-corrected chi connectivity index (χ3v) is 9.29. The molecule has 3 N–H and O–H groups in total. The van der Waals surface area contributed by atoms with Gasteiger partial charge in [0.05, 0.1) is 5.69 Å². The van der Waals surface area contributed by atoms with Crippen molar-refractivity contribution in [2.45, 2.75) is 134 Å². The molecule has 204 valence electrons. The van der Waals surface area contributed by atoms with Gasteiger partial charge in [0.25, 0.3) is 0 Å². The lowest BCUT2D eigenvalue weighted by Crippen LogP contribution is -2.16. The fourth-order valence-corrected chi connectivity index (χ4v) is 7.07. The number of para-hydroxylation sites is 1. The van der Waals surface area contributed by atoms with Crippen LogP contribution in [-0.4, -0.2) is 15.3 Å². The minimum Gasteiger partial charge on any atom is -0.507 e. The molecule has 1 heterocycles. The number of hydrogen-bond acceptors (Lipinski definition) is 4. The van der Waals surface area contributed by atoms with E-state index in [1.165, 1.54) is 128 Å². The van der Waals surface area contributed by atoms with E-state index in [2.05, 4.69) is 16.3 Å². The average Bonchev–Trinajstić information content (AvgIpc) is 2.96. The maximum Gasteiger partial charge on any atom is 0.149 e. The van der Waals surface area contributed by atoms with Crippen LogP contribution in [0.3, 0.4) is 0 Å². The number of phenols is 1. The first kappa shape index (κ1) is 27.9. The molecule has 2 fully saturated rings. The maximum absolute atomic E-state index is 10.3. The van der Waals surface area contributed by atoms with Crippen molar-refractivity contribution >= 4 is 5.82 Å². The van der Waals surface area contributed by atoms with Gasteiger partial charge in [-0.3, -0.25) is 0 Å². The van der Waals surface area contributed by atoms with Gasteiger partial charge in [0.1, 0.15) is 11.6 Å². The zero-order chi connectivity index (χ0) is 25.7. The highest BCUT2D eigenvalue weighted by atomic mass is 16.3. The lowest BCUT2D eigenvalue weighted by molar-refractivity contribution is 0.236. The van der Waals surface area contributed by atoms with Crippen LogP contribution in [0.1, 0.15) is 140 Å². The Labute approximate surface area is 225 Å². The molecule has 0 saturated heterocycles. The van der Waals surface area contributed by atoms with E-state index in [9.17, 15) is 5.11 Å². The first-order valence-electron chi connectivity index (χ1n) is 15.6. The Morgan fingerprint density at radius 3 is 1.59 bits per heavy atom. The molecule has 2 aliphatic rings. The predicted molar refractivity (Wildman–Crippen MR) is 156 cm³/mol. The number of nitrogens with zero attached hydrogens (tertiary/aromatic N) is 2. The summed E-state index contributed by atoms with van der Waals surface area (Å²) >= 11 is 0. The minimum absolute atomic E-state index is 0.242. The van der Waals surface area contributed by atoms with E-state index in [0.29, 0.717) is 11.7 Å². The molecular weight excluding hydrogens is 454 g/mol. The van der Waals surface area contributed by atoms with E-state index in [1.54, 1.807) is 6.07 Å². The van der Waals surface area contributed by atoms with Crippen LogP contribution in [0.25, 0.3) is 11.3 Å². The number of hydrogen-bond donors (Lipinski definition) is 2. The van der Waals surface area contributed by atoms with Gasteiger partial charge < -0.3 is 10.8 Å². The summed E-state index contributed by atoms with van der Waals surface area (Å²) in [4.78, 5) is 0. The molecule has 0 aliphatic heterocycles. The summed E-state index contributed by atoms with van der Waals surface area (Å²) in [5, 5.41) is 19.0. The van der Waals surface area contributed by atoms with Gasteiger partial charge in [0, 0.05) is 11.1 Å². The zero-order valence-corrected chi connectivity index (χ0v) is 23.2. The van der Waals surface area contributed by atoms with Crippen LogP contribution in [0.5, 0.6) is 5.75 Å². The number of rotatable bonds is 3. The molecule has 0 amide bonds. The molecule has 0 spiro atoms. The van der Waals surface area contributed by atoms with Crippen LogP contribution >= 0.6 is 0 Å². The molecule has 37 heavy (non-hydrogen) atoms. The van der Waals surface area contributed by atoms with Gasteiger partial charge >= 0.3 is 0 Å². The summed E-state index contributed by atoms with van der Waals surface area (Å²) in [6.45, 7) is 0. The highest BCUT2D eigenvalue weighted by molar-refractivity contribution is 5.67. The Kier molecular flexibility index (Phi) is 11.6. The largest absolute Gasteiger partial charge is 0.507 e. The summed E-state index contributed by atoms with van der Waals surface area (Å²) in [5.74, 6) is 3.16. The molecule has 0 radical (unpaired) electrons. The molecule has 0 bridgehead atoms. The number of anilines is 1. The second-order valence-corrected chi connectivity index (χ2v) is 12.0. The summed E-state index contributed by atoms with van der Waals surface area (Å²) in [6.07, 6.45) is 27.8. The fraction of sp³-hybridized carbons (Fsp3) is 0.697. The lowest BCUT2D eigenvalue weighted by atomic mass is 9.77. The van der Waals surface area contributed by atoms with Crippen LogP contribution in [-0.2, 0) is 0 Å². The molecule has 1 aromatic carbocycles. The van der Waals surface area contributed by atoms with Gasteiger partial charge in [-0.1, -0.05) is 128 Å². The van der Waals surface area contributed by atoms with E-state index in [4.69, 9.17) is 5.73 Å². The van der Waals surface area contributed by atoms with Gasteiger partial charge in [-0.15, -0.1) is 10.2 Å². The van der Waals surface area contributed by atoms with Gasteiger partial charge in [0.2, 0.25) is 0 Å². The van der Waals surface area contributed by atoms with Crippen molar-refractivity contribution in [2.24, 2.45) is 11.8 Å². The van der Waals surface area contributed by atoms with Crippen LogP contribution in [0.4, 0.5) is 5.82 Å². The number of nitrogens with two attached hydrogens (primary N) is 1. The Balaban J connectivity index is 1.37. The van der Waals surface area contributed by atoms with Crippen molar-refractivity contribution in [2.75, 3.05) is 5.73 Å². The second-order valence-electron chi connectivity index (χ2n) is 12.0. The second kappa shape index (κ2) is 15.3. The average molecular weight is 506 g/mol. The molecule has 0 unspecified atom stereocenters. The van der Waals surface area contributed by atoms with Gasteiger partial charge in [-0.2, -0.15) is 0 Å². The monoisotopic (exact) mass is 505 g/mol. The summed E-state index contributed by atoms with van der Waals surface area (Å²) in [6, 6.07) is 9.46. The van der Waals surface area contributed by atoms with E-state index in [-0.39, 0.29) is 5.75 Å². The highest BCUT2D eigenvalue weighted by Crippen LogP contribution is 2.38. The molecule has 2 aliphatic carbocycles. The van der Waals surface area contributed by atoms with E-state index < -0.39 is 0 Å². The minimum atomic E-state index is 0.242. The maximum atomic E-state index is 10.3. The molecule has 2 saturated carbocycles. The van der Waals surface area contributed by atoms with Crippen molar-refractivity contribution < 1.29 is 5.11 Å².